The standard InChI is InChI=1S/C15H24N4O3/c1-5-21-9-11-6-13(17-10-16-11)18-12-7-19(8-12)14(20)22-15(2,3)4/h6,10,12H,5,7-9H2,1-4H3,(H,16,17,18). The molecule has 1 aromatic heterocycles. The highest BCUT2D eigenvalue weighted by molar-refractivity contribution is 5.69. The molecule has 2 heterocycles. The Bertz CT molecular complexity index is 510. The normalized spacial score (nSPS) is 15.4. The molecule has 0 aromatic carbocycles. The maximum absolute atomic E-state index is 11.8. The minimum absolute atomic E-state index is 0.183. The minimum atomic E-state index is -0.462. The number of nitrogens with zero attached hydrogens (tertiary/aromatic N) is 3. The molecule has 7 nitrogen and oxygen atoms in total. The van der Waals surface area contributed by atoms with Gasteiger partial charge in [0, 0.05) is 25.8 Å². The van der Waals surface area contributed by atoms with E-state index in [2.05, 4.69) is 15.3 Å². The molecule has 22 heavy (non-hydrogen) atoms. The fourth-order valence-corrected chi connectivity index (χ4v) is 2.02. The van der Waals surface area contributed by atoms with Gasteiger partial charge in [-0.2, -0.15) is 0 Å². The van der Waals surface area contributed by atoms with E-state index >= 15 is 0 Å². The minimum Gasteiger partial charge on any atom is -0.444 e. The molecule has 0 saturated carbocycles. The lowest BCUT2D eigenvalue weighted by Gasteiger charge is -2.40. The number of anilines is 1. The van der Waals surface area contributed by atoms with E-state index in [0.717, 1.165) is 11.5 Å². The molecule has 1 N–H and O–H groups in total. The first-order chi connectivity index (χ1) is 10.4. The number of carbonyl (C=O) groups excluding carboxylic acids is 1. The largest absolute Gasteiger partial charge is 0.444 e. The predicted octanol–water partition coefficient (Wildman–Crippen LogP) is 2.04. The molecule has 0 radical (unpaired) electrons. The summed E-state index contributed by atoms with van der Waals surface area (Å²) in [6.07, 6.45) is 1.24. The number of ether oxygens (including phenoxy) is 2. The monoisotopic (exact) mass is 308 g/mol. The van der Waals surface area contributed by atoms with E-state index in [9.17, 15) is 4.79 Å². The van der Waals surface area contributed by atoms with E-state index in [1.807, 2.05) is 33.8 Å². The van der Waals surface area contributed by atoms with Gasteiger partial charge in [0.2, 0.25) is 0 Å². The summed E-state index contributed by atoms with van der Waals surface area (Å²) in [5.74, 6) is 0.749. The van der Waals surface area contributed by atoms with Gasteiger partial charge in [0.1, 0.15) is 17.7 Å². The summed E-state index contributed by atoms with van der Waals surface area (Å²) in [4.78, 5) is 21.9. The van der Waals surface area contributed by atoms with Gasteiger partial charge in [-0.15, -0.1) is 0 Å². The van der Waals surface area contributed by atoms with Gasteiger partial charge in [0.15, 0.2) is 0 Å². The third-order valence-electron chi connectivity index (χ3n) is 3.06. The lowest BCUT2D eigenvalue weighted by molar-refractivity contribution is 0.0104. The number of hydrogen-bond donors (Lipinski definition) is 1. The molecular weight excluding hydrogens is 284 g/mol. The van der Waals surface area contributed by atoms with Crippen molar-refractivity contribution in [2.75, 3.05) is 25.0 Å². The predicted molar refractivity (Wildman–Crippen MR) is 82.6 cm³/mol. The van der Waals surface area contributed by atoms with Gasteiger partial charge in [-0.05, 0) is 27.7 Å². The Balaban J connectivity index is 1.79. The summed E-state index contributed by atoms with van der Waals surface area (Å²) in [5, 5.41) is 3.29. The van der Waals surface area contributed by atoms with E-state index < -0.39 is 5.60 Å². The van der Waals surface area contributed by atoms with Gasteiger partial charge in [-0.1, -0.05) is 0 Å². The molecule has 7 heteroatoms. The van der Waals surface area contributed by atoms with Crippen LogP contribution in [0.15, 0.2) is 12.4 Å². The Morgan fingerprint density at radius 3 is 2.77 bits per heavy atom. The van der Waals surface area contributed by atoms with E-state index in [-0.39, 0.29) is 12.1 Å². The highest BCUT2D eigenvalue weighted by atomic mass is 16.6. The molecule has 1 aliphatic rings. The molecule has 0 aliphatic carbocycles. The van der Waals surface area contributed by atoms with Crippen LogP contribution in [0.1, 0.15) is 33.4 Å². The number of hydrogen-bond acceptors (Lipinski definition) is 6. The number of nitrogens with one attached hydrogen (secondary N) is 1. The van der Waals surface area contributed by atoms with Crippen LogP contribution in [0.2, 0.25) is 0 Å². The average Bonchev–Trinajstić information content (AvgIpc) is 2.38. The van der Waals surface area contributed by atoms with Crippen molar-refractivity contribution < 1.29 is 14.3 Å². The highest BCUT2D eigenvalue weighted by Crippen LogP contribution is 2.18. The third kappa shape index (κ3) is 4.84. The van der Waals surface area contributed by atoms with Crippen LogP contribution in [-0.2, 0) is 16.1 Å². The van der Waals surface area contributed by atoms with Crippen LogP contribution in [0.25, 0.3) is 0 Å². The fourth-order valence-electron chi connectivity index (χ4n) is 2.02. The molecule has 0 bridgehead atoms. The van der Waals surface area contributed by atoms with Crippen LogP contribution in [0, 0.1) is 0 Å². The van der Waals surface area contributed by atoms with Crippen molar-refractivity contribution in [3.63, 3.8) is 0 Å². The fraction of sp³-hybridized carbons (Fsp3) is 0.667. The topological polar surface area (TPSA) is 76.6 Å². The molecule has 1 aliphatic heterocycles. The van der Waals surface area contributed by atoms with Gasteiger partial charge in [-0.3, -0.25) is 0 Å². The number of amides is 1. The lowest BCUT2D eigenvalue weighted by Crippen LogP contribution is -2.58. The Hall–Kier alpha value is -1.89. The second-order valence-corrected chi connectivity index (χ2v) is 6.26. The van der Waals surface area contributed by atoms with Crippen LogP contribution in [0.5, 0.6) is 0 Å². The van der Waals surface area contributed by atoms with Crippen molar-refractivity contribution in [3.05, 3.63) is 18.1 Å². The molecule has 1 aromatic rings. The van der Waals surface area contributed by atoms with Gasteiger partial charge < -0.3 is 19.7 Å². The second-order valence-electron chi connectivity index (χ2n) is 6.26. The van der Waals surface area contributed by atoms with Crippen LogP contribution in [0.4, 0.5) is 10.6 Å². The average molecular weight is 308 g/mol. The third-order valence-corrected chi connectivity index (χ3v) is 3.06. The first-order valence-corrected chi connectivity index (χ1v) is 7.50. The molecule has 122 valence electrons. The Kier molecular flexibility index (Phi) is 5.18. The Morgan fingerprint density at radius 1 is 1.41 bits per heavy atom. The van der Waals surface area contributed by atoms with E-state index in [4.69, 9.17) is 9.47 Å². The number of rotatable bonds is 5. The maximum Gasteiger partial charge on any atom is 0.410 e. The highest BCUT2D eigenvalue weighted by Gasteiger charge is 2.33. The van der Waals surface area contributed by atoms with Crippen LogP contribution in [0.3, 0.4) is 0 Å². The first kappa shape index (κ1) is 16.5. The Morgan fingerprint density at radius 2 is 2.14 bits per heavy atom. The van der Waals surface area contributed by atoms with Gasteiger partial charge in [-0.25, -0.2) is 14.8 Å². The zero-order chi connectivity index (χ0) is 16.2. The zero-order valence-electron chi connectivity index (χ0n) is 13.6. The van der Waals surface area contributed by atoms with E-state index in [1.54, 1.807) is 4.90 Å². The summed E-state index contributed by atoms with van der Waals surface area (Å²) >= 11 is 0. The molecule has 0 unspecified atom stereocenters. The van der Waals surface area contributed by atoms with Crippen molar-refractivity contribution in [2.24, 2.45) is 0 Å². The number of likely N-dealkylation sites (tertiary alicyclic amines) is 1. The molecule has 0 spiro atoms. The summed E-state index contributed by atoms with van der Waals surface area (Å²) in [7, 11) is 0. The van der Waals surface area contributed by atoms with Crippen LogP contribution >= 0.6 is 0 Å². The van der Waals surface area contributed by atoms with Gasteiger partial charge in [0.25, 0.3) is 0 Å². The van der Waals surface area contributed by atoms with Crippen molar-refractivity contribution in [1.29, 1.82) is 0 Å². The summed E-state index contributed by atoms with van der Waals surface area (Å²) < 4.78 is 10.6. The summed E-state index contributed by atoms with van der Waals surface area (Å²) in [5.41, 5.74) is 0.374. The van der Waals surface area contributed by atoms with Gasteiger partial charge >= 0.3 is 6.09 Å². The molecular formula is C15H24N4O3. The smallest absolute Gasteiger partial charge is 0.410 e. The molecule has 1 fully saturated rings. The number of carbonyl (C=O) groups is 1. The quantitative estimate of drug-likeness (QED) is 0.897. The van der Waals surface area contributed by atoms with Gasteiger partial charge in [0.05, 0.1) is 18.3 Å². The van der Waals surface area contributed by atoms with Crippen molar-refractivity contribution >= 4 is 11.9 Å². The zero-order valence-corrected chi connectivity index (χ0v) is 13.6. The van der Waals surface area contributed by atoms with Crippen molar-refractivity contribution in [3.8, 4) is 0 Å². The number of aromatic nitrogens is 2. The summed E-state index contributed by atoms with van der Waals surface area (Å²) in [6.45, 7) is 9.88. The van der Waals surface area contributed by atoms with Crippen molar-refractivity contribution in [1.82, 2.24) is 14.9 Å². The SMILES string of the molecule is CCOCc1cc(NC2CN(C(=O)OC(C)(C)C)C2)ncn1. The maximum atomic E-state index is 11.8. The van der Waals surface area contributed by atoms with Crippen LogP contribution < -0.4 is 5.32 Å². The van der Waals surface area contributed by atoms with Crippen molar-refractivity contribution in [2.45, 2.75) is 45.9 Å². The molecule has 1 amide bonds. The van der Waals surface area contributed by atoms with Crippen LogP contribution in [-0.4, -0.2) is 52.3 Å². The lowest BCUT2D eigenvalue weighted by atomic mass is 10.1. The van der Waals surface area contributed by atoms with E-state index in [1.165, 1.54) is 6.33 Å². The second kappa shape index (κ2) is 6.91. The molecule has 1 saturated heterocycles. The van der Waals surface area contributed by atoms with E-state index in [0.29, 0.717) is 26.3 Å². The Labute approximate surface area is 131 Å². The summed E-state index contributed by atoms with van der Waals surface area (Å²) in [6, 6.07) is 2.05. The molecule has 2 rings (SSSR count). The molecule has 0 atom stereocenters. The first-order valence-electron chi connectivity index (χ1n) is 7.50.